The van der Waals surface area contributed by atoms with Gasteiger partial charge in [0.2, 0.25) is 5.91 Å². The maximum Gasteiger partial charge on any atom is 0.256 e. The van der Waals surface area contributed by atoms with Crippen molar-refractivity contribution in [3.05, 3.63) is 34.9 Å². The lowest BCUT2D eigenvalue weighted by Crippen LogP contribution is -2.56. The summed E-state index contributed by atoms with van der Waals surface area (Å²) in [4.78, 5) is 27.8. The van der Waals surface area contributed by atoms with Crippen LogP contribution >= 0.6 is 11.6 Å². The zero-order chi connectivity index (χ0) is 18.7. The third-order valence-electron chi connectivity index (χ3n) is 5.17. The van der Waals surface area contributed by atoms with Crippen LogP contribution in [0.25, 0.3) is 0 Å². The molecule has 2 amide bonds. The Balaban J connectivity index is 1.89. The average Bonchev–Trinajstić information content (AvgIpc) is 2.98. The number of ether oxygens (including phenoxy) is 1. The van der Waals surface area contributed by atoms with E-state index in [4.69, 9.17) is 16.3 Å². The summed E-state index contributed by atoms with van der Waals surface area (Å²) < 4.78 is 6.12. The van der Waals surface area contributed by atoms with Crippen LogP contribution in [-0.4, -0.2) is 41.6 Å². The Morgan fingerprint density at radius 2 is 2.04 bits per heavy atom. The Bertz CT molecular complexity index is 671. The van der Waals surface area contributed by atoms with Crippen molar-refractivity contribution in [2.24, 2.45) is 5.92 Å². The van der Waals surface area contributed by atoms with Crippen molar-refractivity contribution in [2.45, 2.75) is 57.7 Å². The van der Waals surface area contributed by atoms with E-state index in [0.717, 1.165) is 32.1 Å². The number of nitrogens with zero attached hydrogens (tertiary/aromatic N) is 1. The molecular formula is C20H27ClN2O3. The third kappa shape index (κ3) is 3.89. The van der Waals surface area contributed by atoms with E-state index in [9.17, 15) is 9.59 Å². The predicted octanol–water partition coefficient (Wildman–Crippen LogP) is 3.61. The van der Waals surface area contributed by atoms with Crippen LogP contribution in [0.15, 0.2) is 24.3 Å². The molecule has 1 atom stereocenters. The SMILES string of the molecule is CC(C)CNC(=O)C1COC2(CCCCC2)N1C(=O)c1cccc(Cl)c1. The molecule has 1 heterocycles. The molecule has 6 heteroatoms. The van der Waals surface area contributed by atoms with Gasteiger partial charge in [-0.25, -0.2) is 0 Å². The van der Waals surface area contributed by atoms with Crippen molar-refractivity contribution in [2.75, 3.05) is 13.2 Å². The topological polar surface area (TPSA) is 58.6 Å². The van der Waals surface area contributed by atoms with Crippen molar-refractivity contribution in [1.29, 1.82) is 0 Å². The number of amides is 2. The minimum absolute atomic E-state index is 0.142. The standard InChI is InChI=1S/C20H27ClN2O3/c1-14(2)12-22-18(24)17-13-26-20(9-4-3-5-10-20)23(17)19(25)15-7-6-8-16(21)11-15/h6-8,11,14,17H,3-5,9-10,12-13H2,1-2H3,(H,22,24). The normalized spacial score (nSPS) is 22.0. The molecule has 2 fully saturated rings. The maximum atomic E-state index is 13.3. The Labute approximate surface area is 160 Å². The molecule has 1 aliphatic heterocycles. The van der Waals surface area contributed by atoms with Crippen LogP contribution in [0.3, 0.4) is 0 Å². The van der Waals surface area contributed by atoms with E-state index < -0.39 is 11.8 Å². The van der Waals surface area contributed by atoms with Crippen LogP contribution < -0.4 is 5.32 Å². The number of halogens is 1. The molecule has 26 heavy (non-hydrogen) atoms. The van der Waals surface area contributed by atoms with Crippen molar-refractivity contribution < 1.29 is 14.3 Å². The van der Waals surface area contributed by atoms with Crippen LogP contribution in [0.5, 0.6) is 0 Å². The Hall–Kier alpha value is -1.59. The first kappa shape index (κ1) is 19.2. The van der Waals surface area contributed by atoms with Crippen LogP contribution in [-0.2, 0) is 9.53 Å². The smallest absolute Gasteiger partial charge is 0.256 e. The summed E-state index contributed by atoms with van der Waals surface area (Å²) in [6, 6.07) is 6.29. The number of hydrogen-bond donors (Lipinski definition) is 1. The van der Waals surface area contributed by atoms with E-state index in [1.807, 2.05) is 13.8 Å². The fourth-order valence-electron chi connectivity index (χ4n) is 3.85. The molecule has 1 saturated carbocycles. The van der Waals surface area contributed by atoms with Gasteiger partial charge in [-0.3, -0.25) is 14.5 Å². The highest BCUT2D eigenvalue weighted by molar-refractivity contribution is 6.31. The molecule has 5 nitrogen and oxygen atoms in total. The molecular weight excluding hydrogens is 352 g/mol. The summed E-state index contributed by atoms with van der Waals surface area (Å²) in [5.41, 5.74) is -0.174. The van der Waals surface area contributed by atoms with Gasteiger partial charge in [0, 0.05) is 17.1 Å². The number of nitrogens with one attached hydrogen (secondary N) is 1. The third-order valence-corrected chi connectivity index (χ3v) is 5.41. The second kappa shape index (κ2) is 7.97. The minimum atomic E-state index is -0.669. The first-order valence-corrected chi connectivity index (χ1v) is 9.82. The Morgan fingerprint density at radius 1 is 1.31 bits per heavy atom. The van der Waals surface area contributed by atoms with Crippen molar-refractivity contribution in [3.63, 3.8) is 0 Å². The summed E-state index contributed by atoms with van der Waals surface area (Å²) in [5.74, 6) is 0.0233. The molecule has 0 aromatic heterocycles. The van der Waals surface area contributed by atoms with Gasteiger partial charge in [0.1, 0.15) is 11.8 Å². The molecule has 1 aliphatic carbocycles. The molecule has 0 bridgehead atoms. The van der Waals surface area contributed by atoms with E-state index >= 15 is 0 Å². The fraction of sp³-hybridized carbons (Fsp3) is 0.600. The van der Waals surface area contributed by atoms with Crippen LogP contribution in [0.2, 0.25) is 5.02 Å². The van der Waals surface area contributed by atoms with Gasteiger partial charge in [-0.05, 0) is 49.8 Å². The first-order valence-electron chi connectivity index (χ1n) is 9.44. The second-order valence-corrected chi connectivity index (χ2v) is 8.09. The number of benzene rings is 1. The average molecular weight is 379 g/mol. The number of carbonyl (C=O) groups excluding carboxylic acids is 2. The molecule has 1 unspecified atom stereocenters. The van der Waals surface area contributed by atoms with Crippen molar-refractivity contribution in [3.8, 4) is 0 Å². The zero-order valence-corrected chi connectivity index (χ0v) is 16.2. The van der Waals surface area contributed by atoms with Gasteiger partial charge in [0.15, 0.2) is 0 Å². The van der Waals surface area contributed by atoms with Gasteiger partial charge in [-0.15, -0.1) is 0 Å². The maximum absolute atomic E-state index is 13.3. The van der Waals surface area contributed by atoms with E-state index in [1.165, 1.54) is 0 Å². The second-order valence-electron chi connectivity index (χ2n) is 7.66. The highest BCUT2D eigenvalue weighted by atomic mass is 35.5. The predicted molar refractivity (Wildman–Crippen MR) is 101 cm³/mol. The summed E-state index contributed by atoms with van der Waals surface area (Å²) in [7, 11) is 0. The van der Waals surface area contributed by atoms with E-state index in [-0.39, 0.29) is 18.4 Å². The summed E-state index contributed by atoms with van der Waals surface area (Å²) in [6.07, 6.45) is 4.67. The van der Waals surface area contributed by atoms with E-state index in [2.05, 4.69) is 5.32 Å². The lowest BCUT2D eigenvalue weighted by molar-refractivity contribution is -0.127. The number of rotatable bonds is 4. The Kier molecular flexibility index (Phi) is 5.88. The summed E-state index contributed by atoms with van der Waals surface area (Å²) >= 11 is 6.08. The summed E-state index contributed by atoms with van der Waals surface area (Å²) in [6.45, 7) is 4.92. The van der Waals surface area contributed by atoms with E-state index in [1.54, 1.807) is 29.2 Å². The highest BCUT2D eigenvalue weighted by Gasteiger charge is 2.52. The van der Waals surface area contributed by atoms with Gasteiger partial charge in [0.05, 0.1) is 6.61 Å². The van der Waals surface area contributed by atoms with Gasteiger partial charge in [-0.2, -0.15) is 0 Å². The molecule has 2 aliphatic rings. The molecule has 1 N–H and O–H groups in total. The van der Waals surface area contributed by atoms with Gasteiger partial charge >= 0.3 is 0 Å². The highest BCUT2D eigenvalue weighted by Crippen LogP contribution is 2.41. The lowest BCUT2D eigenvalue weighted by Gasteiger charge is -2.41. The fourth-order valence-corrected chi connectivity index (χ4v) is 4.04. The molecule has 1 saturated heterocycles. The van der Waals surface area contributed by atoms with Crippen molar-refractivity contribution in [1.82, 2.24) is 10.2 Å². The van der Waals surface area contributed by atoms with E-state index in [0.29, 0.717) is 23.0 Å². The lowest BCUT2D eigenvalue weighted by atomic mass is 9.89. The number of hydrogen-bond acceptors (Lipinski definition) is 3. The zero-order valence-electron chi connectivity index (χ0n) is 15.5. The van der Waals surface area contributed by atoms with Gasteiger partial charge in [0.25, 0.3) is 5.91 Å². The molecule has 1 spiro atoms. The molecule has 142 valence electrons. The monoisotopic (exact) mass is 378 g/mol. The van der Waals surface area contributed by atoms with Crippen LogP contribution in [0, 0.1) is 5.92 Å². The summed E-state index contributed by atoms with van der Waals surface area (Å²) in [5, 5.41) is 3.46. The molecule has 3 rings (SSSR count). The Morgan fingerprint density at radius 3 is 2.69 bits per heavy atom. The van der Waals surface area contributed by atoms with Gasteiger partial charge in [-0.1, -0.05) is 37.9 Å². The van der Waals surface area contributed by atoms with Crippen molar-refractivity contribution >= 4 is 23.4 Å². The minimum Gasteiger partial charge on any atom is -0.354 e. The van der Waals surface area contributed by atoms with Crippen LogP contribution in [0.4, 0.5) is 0 Å². The number of carbonyl (C=O) groups is 2. The van der Waals surface area contributed by atoms with Crippen LogP contribution in [0.1, 0.15) is 56.3 Å². The molecule has 1 aromatic carbocycles. The van der Waals surface area contributed by atoms with Gasteiger partial charge < -0.3 is 10.1 Å². The largest absolute Gasteiger partial charge is 0.354 e. The molecule has 1 aromatic rings. The first-order chi connectivity index (χ1) is 12.4. The quantitative estimate of drug-likeness (QED) is 0.870. The molecule has 0 radical (unpaired) electrons.